The molecule has 0 atom stereocenters. The summed E-state index contributed by atoms with van der Waals surface area (Å²) in [6.07, 6.45) is 0.758. The third-order valence-corrected chi connectivity index (χ3v) is 5.83. The van der Waals surface area contributed by atoms with Gasteiger partial charge in [-0.1, -0.05) is 48.5 Å². The first-order chi connectivity index (χ1) is 13.6. The molecule has 2 aromatic carbocycles. The highest BCUT2D eigenvalue weighted by atomic mass is 35.5. The molecule has 0 aliphatic carbocycles. The van der Waals surface area contributed by atoms with Crippen molar-refractivity contribution in [2.24, 2.45) is 0 Å². The van der Waals surface area contributed by atoms with E-state index in [0.29, 0.717) is 21.4 Å². The molecule has 142 valence electrons. The Balaban J connectivity index is 1.61. The van der Waals surface area contributed by atoms with Gasteiger partial charge in [-0.15, -0.1) is 10.2 Å². The van der Waals surface area contributed by atoms with Crippen molar-refractivity contribution in [3.05, 3.63) is 58.9 Å². The van der Waals surface area contributed by atoms with Gasteiger partial charge in [0, 0.05) is 17.1 Å². The Labute approximate surface area is 171 Å². The first-order valence-corrected chi connectivity index (χ1v) is 10.3. The number of fused-ring (bicyclic) bond motifs is 3. The van der Waals surface area contributed by atoms with E-state index in [-0.39, 0.29) is 11.7 Å². The van der Waals surface area contributed by atoms with Gasteiger partial charge in [0.15, 0.2) is 5.65 Å². The van der Waals surface area contributed by atoms with Gasteiger partial charge in [-0.3, -0.25) is 9.20 Å². The van der Waals surface area contributed by atoms with E-state index in [2.05, 4.69) is 15.5 Å². The van der Waals surface area contributed by atoms with E-state index in [9.17, 15) is 4.79 Å². The first-order valence-electron chi connectivity index (χ1n) is 8.89. The van der Waals surface area contributed by atoms with Gasteiger partial charge >= 0.3 is 0 Å². The van der Waals surface area contributed by atoms with Gasteiger partial charge in [0.05, 0.1) is 16.8 Å². The van der Waals surface area contributed by atoms with Crippen LogP contribution in [-0.4, -0.2) is 31.2 Å². The highest BCUT2D eigenvalue weighted by Crippen LogP contribution is 2.27. The Morgan fingerprint density at radius 2 is 2.00 bits per heavy atom. The third kappa shape index (κ3) is 3.43. The number of amides is 1. The molecular formula is C20H18ClN5OS. The lowest BCUT2D eigenvalue weighted by Gasteiger charge is -2.10. The zero-order valence-electron chi connectivity index (χ0n) is 15.4. The van der Waals surface area contributed by atoms with Gasteiger partial charge in [-0.05, 0) is 36.8 Å². The number of anilines is 1. The zero-order valence-corrected chi connectivity index (χ0v) is 17.0. The second-order valence-electron chi connectivity index (χ2n) is 6.28. The van der Waals surface area contributed by atoms with Gasteiger partial charge in [-0.2, -0.15) is 0 Å². The van der Waals surface area contributed by atoms with Gasteiger partial charge < -0.3 is 5.32 Å². The van der Waals surface area contributed by atoms with Crippen LogP contribution >= 0.6 is 23.4 Å². The summed E-state index contributed by atoms with van der Waals surface area (Å²) in [5, 5.41) is 12.8. The average molecular weight is 412 g/mol. The molecule has 0 saturated carbocycles. The molecule has 0 radical (unpaired) electrons. The molecule has 2 heterocycles. The van der Waals surface area contributed by atoms with Crippen LogP contribution in [0.3, 0.4) is 0 Å². The molecule has 0 fully saturated rings. The van der Waals surface area contributed by atoms with Crippen LogP contribution in [0.25, 0.3) is 16.7 Å². The van der Waals surface area contributed by atoms with Gasteiger partial charge in [0.2, 0.25) is 5.91 Å². The second-order valence-corrected chi connectivity index (χ2v) is 7.65. The molecule has 1 amide bonds. The Bertz CT molecular complexity index is 1190. The molecule has 0 spiro atoms. The number of nitrogens with zero attached hydrogens (tertiary/aromatic N) is 4. The minimum atomic E-state index is -0.126. The van der Waals surface area contributed by atoms with E-state index >= 15 is 0 Å². The Kier molecular flexibility index (Phi) is 5.19. The summed E-state index contributed by atoms with van der Waals surface area (Å²) in [6, 6.07) is 13.3. The maximum atomic E-state index is 12.5. The highest BCUT2D eigenvalue weighted by molar-refractivity contribution is 8.00. The molecular weight excluding hydrogens is 394 g/mol. The largest absolute Gasteiger partial charge is 0.325 e. The summed E-state index contributed by atoms with van der Waals surface area (Å²) in [5.74, 6) is 0.953. The van der Waals surface area contributed by atoms with Crippen LogP contribution < -0.4 is 5.32 Å². The average Bonchev–Trinajstić information content (AvgIpc) is 3.14. The fourth-order valence-electron chi connectivity index (χ4n) is 3.00. The number of carbonyl (C=O) groups excluding carboxylic acids is 1. The number of benzene rings is 2. The van der Waals surface area contributed by atoms with E-state index in [1.165, 1.54) is 11.8 Å². The highest BCUT2D eigenvalue weighted by Gasteiger charge is 2.16. The fraction of sp³-hybridized carbons (Fsp3) is 0.200. The van der Waals surface area contributed by atoms with Crippen molar-refractivity contribution in [3.63, 3.8) is 0 Å². The Morgan fingerprint density at radius 1 is 1.18 bits per heavy atom. The van der Waals surface area contributed by atoms with Crippen LogP contribution in [0.5, 0.6) is 0 Å². The number of hydrogen-bond acceptors (Lipinski definition) is 5. The summed E-state index contributed by atoms with van der Waals surface area (Å²) in [4.78, 5) is 17.2. The molecule has 6 nitrogen and oxygen atoms in total. The van der Waals surface area contributed by atoms with Crippen LogP contribution in [0.15, 0.2) is 47.5 Å². The number of para-hydroxylation sites is 2. The van der Waals surface area contributed by atoms with Crippen molar-refractivity contribution in [3.8, 4) is 0 Å². The molecule has 0 bridgehead atoms. The summed E-state index contributed by atoms with van der Waals surface area (Å²) in [5.41, 5.74) is 4.04. The SMILES string of the molecule is CCc1nnc2c(SCC(=O)Nc3cccc(Cl)c3C)nc3ccccc3n12. The number of halogens is 1. The van der Waals surface area contributed by atoms with Crippen molar-refractivity contribution in [1.29, 1.82) is 0 Å². The van der Waals surface area contributed by atoms with Crippen LogP contribution in [0, 0.1) is 6.92 Å². The molecule has 0 aliphatic heterocycles. The Morgan fingerprint density at radius 3 is 2.82 bits per heavy atom. The zero-order chi connectivity index (χ0) is 19.7. The molecule has 4 aromatic rings. The van der Waals surface area contributed by atoms with Crippen molar-refractivity contribution >= 4 is 51.6 Å². The quantitative estimate of drug-likeness (QED) is 0.488. The van der Waals surface area contributed by atoms with Crippen molar-refractivity contribution in [1.82, 2.24) is 19.6 Å². The molecule has 0 saturated heterocycles. The third-order valence-electron chi connectivity index (χ3n) is 4.46. The standard InChI is InChI=1S/C20H18ClN5OS/c1-3-17-24-25-19-20(23-15-8-4-5-10-16(15)26(17)19)28-11-18(27)22-14-9-6-7-13(21)12(14)2/h4-10H,3,11H2,1-2H3,(H,22,27). The number of aryl methyl sites for hydroxylation is 1. The van der Waals surface area contributed by atoms with E-state index in [4.69, 9.17) is 16.6 Å². The minimum absolute atomic E-state index is 0.126. The topological polar surface area (TPSA) is 72.2 Å². The van der Waals surface area contributed by atoms with Gasteiger partial charge in [0.1, 0.15) is 10.9 Å². The Hall–Kier alpha value is -2.64. The van der Waals surface area contributed by atoms with Gasteiger partial charge in [-0.25, -0.2) is 4.98 Å². The molecule has 0 aliphatic rings. The lowest BCUT2D eigenvalue weighted by Crippen LogP contribution is -2.15. The van der Waals surface area contributed by atoms with Gasteiger partial charge in [0.25, 0.3) is 0 Å². The molecule has 0 unspecified atom stereocenters. The van der Waals surface area contributed by atoms with E-state index in [1.54, 1.807) is 6.07 Å². The molecule has 4 rings (SSSR count). The normalized spacial score (nSPS) is 11.2. The number of nitrogens with one attached hydrogen (secondary N) is 1. The number of aromatic nitrogens is 4. The van der Waals surface area contributed by atoms with Crippen molar-refractivity contribution < 1.29 is 4.79 Å². The second kappa shape index (κ2) is 7.77. The van der Waals surface area contributed by atoms with E-state index in [0.717, 1.165) is 28.8 Å². The molecule has 28 heavy (non-hydrogen) atoms. The first kappa shape index (κ1) is 18.7. The minimum Gasteiger partial charge on any atom is -0.325 e. The maximum absolute atomic E-state index is 12.5. The fourth-order valence-corrected chi connectivity index (χ4v) is 3.94. The predicted molar refractivity (Wildman–Crippen MR) is 113 cm³/mol. The van der Waals surface area contributed by atoms with Crippen molar-refractivity contribution in [2.45, 2.75) is 25.3 Å². The maximum Gasteiger partial charge on any atom is 0.234 e. The van der Waals surface area contributed by atoms with Crippen molar-refractivity contribution in [2.75, 3.05) is 11.1 Å². The molecule has 8 heteroatoms. The molecule has 1 N–H and O–H groups in total. The molecule has 2 aromatic heterocycles. The number of thioether (sulfide) groups is 1. The summed E-state index contributed by atoms with van der Waals surface area (Å²) < 4.78 is 2.02. The predicted octanol–water partition coefficient (Wildman–Crippen LogP) is 4.53. The van der Waals surface area contributed by atoms with Crippen LogP contribution in [0.1, 0.15) is 18.3 Å². The van der Waals surface area contributed by atoms with E-state index in [1.807, 2.05) is 54.6 Å². The lowest BCUT2D eigenvalue weighted by atomic mass is 10.2. The monoisotopic (exact) mass is 411 g/mol. The smallest absolute Gasteiger partial charge is 0.234 e. The van der Waals surface area contributed by atoms with Crippen LogP contribution in [0.2, 0.25) is 5.02 Å². The van der Waals surface area contributed by atoms with Crippen LogP contribution in [-0.2, 0) is 11.2 Å². The summed E-state index contributed by atoms with van der Waals surface area (Å²) >= 11 is 7.47. The summed E-state index contributed by atoms with van der Waals surface area (Å²) in [7, 11) is 0. The number of hydrogen-bond donors (Lipinski definition) is 1. The lowest BCUT2D eigenvalue weighted by molar-refractivity contribution is -0.113. The number of rotatable bonds is 5. The van der Waals surface area contributed by atoms with Crippen LogP contribution in [0.4, 0.5) is 5.69 Å². The number of carbonyl (C=O) groups is 1. The van der Waals surface area contributed by atoms with E-state index < -0.39 is 0 Å². The summed E-state index contributed by atoms with van der Waals surface area (Å²) in [6.45, 7) is 3.92.